The minimum Gasteiger partial charge on any atom is -0.398 e. The van der Waals surface area contributed by atoms with Crippen LogP contribution in [-0.4, -0.2) is 48.8 Å². The van der Waals surface area contributed by atoms with Gasteiger partial charge in [0.05, 0.1) is 11.3 Å². The lowest BCUT2D eigenvalue weighted by Crippen LogP contribution is -2.42. The Balaban J connectivity index is 1.82. The van der Waals surface area contributed by atoms with Crippen LogP contribution in [0.2, 0.25) is 10.0 Å². The van der Waals surface area contributed by atoms with Crippen LogP contribution in [0.3, 0.4) is 0 Å². The maximum Gasteiger partial charge on any atom is 0.257 e. The summed E-state index contributed by atoms with van der Waals surface area (Å²) in [6.45, 7) is 1.58. The number of anilines is 2. The van der Waals surface area contributed by atoms with Crippen molar-refractivity contribution in [3.8, 4) is 0 Å². The molecule has 1 atom stereocenters. The first-order valence-electron chi connectivity index (χ1n) is 12.0. The first kappa shape index (κ1) is 27.7. The lowest BCUT2D eigenvalue weighted by atomic mass is 10.0. The summed E-state index contributed by atoms with van der Waals surface area (Å²) in [4.78, 5) is 34.0. The van der Waals surface area contributed by atoms with Gasteiger partial charge in [-0.1, -0.05) is 41.4 Å². The van der Waals surface area contributed by atoms with Gasteiger partial charge in [0.1, 0.15) is 6.04 Å². The van der Waals surface area contributed by atoms with Crippen LogP contribution in [0.4, 0.5) is 11.4 Å². The molecule has 0 aliphatic carbocycles. The van der Waals surface area contributed by atoms with E-state index in [0.717, 1.165) is 28.5 Å². The maximum absolute atomic E-state index is 14.3. The molecule has 0 saturated carbocycles. The predicted octanol–water partition coefficient (Wildman–Crippen LogP) is 6.25. The summed E-state index contributed by atoms with van der Waals surface area (Å²) in [5.74, 6) is -0.389. The molecular weight excluding hydrogens is 622 g/mol. The van der Waals surface area contributed by atoms with Gasteiger partial charge in [-0.2, -0.15) is 0 Å². The van der Waals surface area contributed by atoms with E-state index in [9.17, 15) is 9.59 Å². The Labute approximate surface area is 241 Å². The molecule has 1 aliphatic rings. The monoisotopic (exact) mass is 650 g/mol. The average molecular weight is 651 g/mol. The summed E-state index contributed by atoms with van der Waals surface area (Å²) >= 11 is 14.5. The van der Waals surface area contributed by atoms with Crippen LogP contribution >= 0.6 is 45.8 Å². The van der Waals surface area contributed by atoms with Gasteiger partial charge in [-0.3, -0.25) is 9.59 Å². The molecule has 0 aromatic heterocycles. The van der Waals surface area contributed by atoms with Crippen molar-refractivity contribution >= 4 is 69.0 Å². The zero-order chi connectivity index (χ0) is 26.7. The standard InChI is InChI=1S/C28H29Cl2IN4O2/c1-33(2)13-3-4-14-34-25-12-11-22(31)16-23(25)27(36)35(17-19-7-10-21(30)15-24(19)32)26(28(34)37)18-5-8-20(29)9-6-18/h5-12,15-16,26H,3-4,13-14,17,32H2,1-2H3. The molecule has 0 spiro atoms. The highest BCUT2D eigenvalue weighted by molar-refractivity contribution is 14.1. The number of rotatable bonds is 8. The van der Waals surface area contributed by atoms with Gasteiger partial charge in [-0.15, -0.1) is 0 Å². The molecule has 3 aromatic carbocycles. The fourth-order valence-electron chi connectivity index (χ4n) is 4.54. The lowest BCUT2D eigenvalue weighted by Gasteiger charge is -2.32. The molecule has 0 fully saturated rings. The Bertz CT molecular complexity index is 1300. The Hall–Kier alpha value is -2.33. The van der Waals surface area contributed by atoms with Crippen LogP contribution in [-0.2, 0) is 11.3 Å². The van der Waals surface area contributed by atoms with Gasteiger partial charge in [-0.25, -0.2) is 0 Å². The number of carbonyl (C=O) groups excluding carboxylic acids is 2. The van der Waals surface area contributed by atoms with Gasteiger partial charge < -0.3 is 20.4 Å². The average Bonchev–Trinajstić information content (AvgIpc) is 2.93. The SMILES string of the molecule is CN(C)CCCCN1C(=O)C(c2ccc(Cl)cc2)N(Cc2ccc(Cl)cc2N)C(=O)c2cc(I)ccc21. The largest absolute Gasteiger partial charge is 0.398 e. The third-order valence-electron chi connectivity index (χ3n) is 6.42. The van der Waals surface area contributed by atoms with Gasteiger partial charge in [0, 0.05) is 32.4 Å². The van der Waals surface area contributed by atoms with Crippen molar-refractivity contribution in [2.75, 3.05) is 37.8 Å². The Kier molecular flexibility index (Phi) is 9.00. The normalized spacial score (nSPS) is 15.8. The summed E-state index contributed by atoms with van der Waals surface area (Å²) in [7, 11) is 4.06. The van der Waals surface area contributed by atoms with Gasteiger partial charge in [0.25, 0.3) is 11.8 Å². The molecule has 9 heteroatoms. The van der Waals surface area contributed by atoms with E-state index in [4.69, 9.17) is 28.9 Å². The predicted molar refractivity (Wildman–Crippen MR) is 159 cm³/mol. The second-order valence-corrected chi connectivity index (χ2v) is 11.5. The molecule has 194 valence electrons. The Morgan fingerprint density at radius 3 is 2.32 bits per heavy atom. The highest BCUT2D eigenvalue weighted by Gasteiger charge is 2.40. The van der Waals surface area contributed by atoms with Gasteiger partial charge in [0.15, 0.2) is 0 Å². The van der Waals surface area contributed by atoms with E-state index < -0.39 is 6.04 Å². The van der Waals surface area contributed by atoms with Crippen LogP contribution in [0.5, 0.6) is 0 Å². The number of nitrogens with two attached hydrogens (primary N) is 1. The molecule has 37 heavy (non-hydrogen) atoms. The summed E-state index contributed by atoms with van der Waals surface area (Å²) in [6, 6.07) is 17.1. The molecule has 1 unspecified atom stereocenters. The molecule has 2 N–H and O–H groups in total. The first-order chi connectivity index (χ1) is 17.7. The van der Waals surface area contributed by atoms with Crippen molar-refractivity contribution in [2.45, 2.75) is 25.4 Å². The number of nitrogens with zero attached hydrogens (tertiary/aromatic N) is 3. The third kappa shape index (κ3) is 6.39. The highest BCUT2D eigenvalue weighted by Crippen LogP contribution is 2.37. The van der Waals surface area contributed by atoms with Crippen LogP contribution in [0.25, 0.3) is 0 Å². The molecule has 1 heterocycles. The van der Waals surface area contributed by atoms with Crippen molar-refractivity contribution in [3.63, 3.8) is 0 Å². The molecule has 4 rings (SSSR count). The van der Waals surface area contributed by atoms with Crippen molar-refractivity contribution < 1.29 is 9.59 Å². The smallest absolute Gasteiger partial charge is 0.257 e. The summed E-state index contributed by atoms with van der Waals surface area (Å²) < 4.78 is 0.917. The van der Waals surface area contributed by atoms with Crippen LogP contribution in [0.1, 0.15) is 40.4 Å². The minimum absolute atomic E-state index is 0.153. The topological polar surface area (TPSA) is 69.9 Å². The van der Waals surface area contributed by atoms with Crippen molar-refractivity contribution in [2.24, 2.45) is 0 Å². The zero-order valence-corrected chi connectivity index (χ0v) is 24.4. The third-order valence-corrected chi connectivity index (χ3v) is 7.58. The number of carbonyl (C=O) groups is 2. The molecule has 0 bridgehead atoms. The quantitative estimate of drug-likeness (QED) is 0.178. The van der Waals surface area contributed by atoms with E-state index in [2.05, 4.69) is 27.5 Å². The lowest BCUT2D eigenvalue weighted by molar-refractivity contribution is -0.123. The van der Waals surface area contributed by atoms with Gasteiger partial charge >= 0.3 is 0 Å². The van der Waals surface area contributed by atoms with Gasteiger partial charge in [-0.05, 0) is 110 Å². The summed E-state index contributed by atoms with van der Waals surface area (Å²) in [5, 5.41) is 1.07. The minimum atomic E-state index is -0.848. The Morgan fingerprint density at radius 1 is 0.946 bits per heavy atom. The van der Waals surface area contributed by atoms with Crippen LogP contribution in [0, 0.1) is 3.57 Å². The fraction of sp³-hybridized carbons (Fsp3) is 0.286. The highest BCUT2D eigenvalue weighted by atomic mass is 127. The number of unbranched alkanes of at least 4 members (excludes halogenated alkanes) is 1. The van der Waals surface area contributed by atoms with Crippen molar-refractivity contribution in [1.29, 1.82) is 0 Å². The number of nitrogen functional groups attached to an aromatic ring is 1. The molecule has 0 radical (unpaired) electrons. The summed E-state index contributed by atoms with van der Waals surface area (Å²) in [6.07, 6.45) is 1.74. The summed E-state index contributed by atoms with van der Waals surface area (Å²) in [5.41, 5.74) is 9.28. The Morgan fingerprint density at radius 2 is 1.65 bits per heavy atom. The molecule has 3 aromatic rings. The molecule has 1 aliphatic heterocycles. The number of hydrogen-bond donors (Lipinski definition) is 1. The second kappa shape index (κ2) is 12.0. The first-order valence-corrected chi connectivity index (χ1v) is 13.8. The van der Waals surface area contributed by atoms with Crippen LogP contribution in [0.15, 0.2) is 60.7 Å². The number of amides is 2. The fourth-order valence-corrected chi connectivity index (χ4v) is 5.34. The maximum atomic E-state index is 14.3. The van der Waals surface area contributed by atoms with Crippen molar-refractivity contribution in [3.05, 3.63) is 91.0 Å². The second-order valence-electron chi connectivity index (χ2n) is 9.39. The number of halogens is 3. The van der Waals surface area contributed by atoms with E-state index in [0.29, 0.717) is 39.1 Å². The molecular formula is C28H29Cl2IN4O2. The molecule has 0 saturated heterocycles. The van der Waals surface area contributed by atoms with E-state index in [1.165, 1.54) is 0 Å². The van der Waals surface area contributed by atoms with E-state index >= 15 is 0 Å². The van der Waals surface area contributed by atoms with Crippen molar-refractivity contribution in [1.82, 2.24) is 9.80 Å². The number of fused-ring (bicyclic) bond motifs is 1. The number of benzene rings is 3. The van der Waals surface area contributed by atoms with E-state index in [1.807, 2.05) is 32.3 Å². The van der Waals surface area contributed by atoms with E-state index in [1.54, 1.807) is 52.3 Å². The van der Waals surface area contributed by atoms with E-state index in [-0.39, 0.29) is 18.4 Å². The molecule has 6 nitrogen and oxygen atoms in total. The molecule has 2 amide bonds. The van der Waals surface area contributed by atoms with Gasteiger partial charge in [0.2, 0.25) is 0 Å². The number of hydrogen-bond acceptors (Lipinski definition) is 4. The zero-order valence-electron chi connectivity index (χ0n) is 20.8. The van der Waals surface area contributed by atoms with Crippen LogP contribution < -0.4 is 10.6 Å².